The van der Waals surface area contributed by atoms with Gasteiger partial charge in [0.1, 0.15) is 23.7 Å². The Hall–Kier alpha value is -4.08. The maximum absolute atomic E-state index is 12.9. The fourth-order valence-corrected chi connectivity index (χ4v) is 5.58. The number of benzene rings is 3. The lowest BCUT2D eigenvalue weighted by molar-refractivity contribution is -0.136. The molecule has 2 unspecified atom stereocenters. The Morgan fingerprint density at radius 2 is 1.76 bits per heavy atom. The number of amides is 3. The molecule has 0 bridgehead atoms. The normalized spacial score (nSPS) is 20.6. The van der Waals surface area contributed by atoms with Crippen LogP contribution in [0.15, 0.2) is 72.8 Å². The van der Waals surface area contributed by atoms with Crippen molar-refractivity contribution in [3.05, 3.63) is 101 Å². The lowest BCUT2D eigenvalue weighted by atomic mass is 10.0. The molecular weight excluding hydrogens is 523 g/mol. The Morgan fingerprint density at radius 3 is 2.49 bits per heavy atom. The first-order valence-electron chi connectivity index (χ1n) is 14.0. The number of piperidine rings is 2. The Labute approximate surface area is 239 Å². The molecule has 8 nitrogen and oxygen atoms in total. The van der Waals surface area contributed by atoms with Crippen molar-refractivity contribution in [2.75, 3.05) is 13.1 Å². The highest BCUT2D eigenvalue weighted by atomic mass is 19.1. The average molecular weight is 559 g/mol. The molecule has 214 valence electrons. The van der Waals surface area contributed by atoms with Crippen LogP contribution in [0.2, 0.25) is 0 Å². The molecule has 3 aliphatic heterocycles. The fraction of sp³-hybridized carbons (Fsp3) is 0.344. The highest BCUT2D eigenvalue weighted by molar-refractivity contribution is 6.05. The number of halogens is 1. The van der Waals surface area contributed by atoms with Gasteiger partial charge in [-0.2, -0.15) is 0 Å². The van der Waals surface area contributed by atoms with Gasteiger partial charge in [0.05, 0.1) is 0 Å². The molecule has 3 N–H and O–H groups in total. The van der Waals surface area contributed by atoms with E-state index in [1.807, 2.05) is 18.2 Å². The molecule has 9 heteroatoms. The van der Waals surface area contributed by atoms with Crippen LogP contribution in [0, 0.1) is 5.82 Å². The third-order valence-corrected chi connectivity index (χ3v) is 7.69. The maximum atomic E-state index is 12.9. The van der Waals surface area contributed by atoms with E-state index in [1.165, 1.54) is 11.6 Å². The lowest BCUT2D eigenvalue weighted by Crippen LogP contribution is -2.52. The number of carbonyl (C=O) groups excluding carboxylic acids is 3. The van der Waals surface area contributed by atoms with E-state index in [0.717, 1.165) is 43.8 Å². The molecule has 0 saturated carbocycles. The van der Waals surface area contributed by atoms with Gasteiger partial charge in [-0.25, -0.2) is 4.39 Å². The van der Waals surface area contributed by atoms with Gasteiger partial charge in [0, 0.05) is 43.7 Å². The van der Waals surface area contributed by atoms with Crippen LogP contribution in [0.1, 0.15) is 52.7 Å². The Balaban J connectivity index is 0.000000321. The summed E-state index contributed by atoms with van der Waals surface area (Å²) < 4.78 is 18.8. The number of rotatable bonds is 6. The van der Waals surface area contributed by atoms with Gasteiger partial charge in [-0.3, -0.25) is 24.6 Å². The van der Waals surface area contributed by atoms with Crippen molar-refractivity contribution in [1.29, 1.82) is 0 Å². The van der Waals surface area contributed by atoms with E-state index in [1.54, 1.807) is 29.2 Å². The Bertz CT molecular complexity index is 1400. The molecule has 2 saturated heterocycles. The van der Waals surface area contributed by atoms with Crippen LogP contribution in [-0.2, 0) is 29.2 Å². The summed E-state index contributed by atoms with van der Waals surface area (Å²) in [6, 6.07) is 21.9. The molecule has 0 aliphatic carbocycles. The highest BCUT2D eigenvalue weighted by Crippen LogP contribution is 2.31. The standard InChI is InChI=1S/C25H27N3O4.C7H8FN/c29-23-11-10-22(24(30)26-23)28-15-18-13-19(8-9-21(18)25(28)31)32-20-7-4-12-27(16-20)14-17-5-2-1-3-6-17;8-7-4-2-1-3-6(7)5-9/h1-3,5-6,8-9,13,20,22H,4,7,10-12,14-16H2,(H,26,29,30);1-4H,5,9H2. The summed E-state index contributed by atoms with van der Waals surface area (Å²) in [5.74, 6) is -0.291. The van der Waals surface area contributed by atoms with Crippen LogP contribution >= 0.6 is 0 Å². The number of likely N-dealkylation sites (tertiary alicyclic amines) is 1. The van der Waals surface area contributed by atoms with Crippen LogP contribution in [0.25, 0.3) is 0 Å². The minimum Gasteiger partial charge on any atom is -0.489 e. The highest BCUT2D eigenvalue weighted by Gasteiger charge is 2.39. The predicted octanol–water partition coefficient (Wildman–Crippen LogP) is 3.78. The smallest absolute Gasteiger partial charge is 0.255 e. The van der Waals surface area contributed by atoms with Crippen molar-refractivity contribution in [3.8, 4) is 5.75 Å². The summed E-state index contributed by atoms with van der Waals surface area (Å²) in [4.78, 5) is 40.5. The summed E-state index contributed by atoms with van der Waals surface area (Å²) in [6.07, 6.45) is 2.82. The first-order chi connectivity index (χ1) is 19.9. The summed E-state index contributed by atoms with van der Waals surface area (Å²) in [7, 11) is 0. The molecule has 0 aromatic heterocycles. The van der Waals surface area contributed by atoms with Gasteiger partial charge in [-0.1, -0.05) is 48.5 Å². The third kappa shape index (κ3) is 6.99. The number of hydrogen-bond donors (Lipinski definition) is 2. The SMILES string of the molecule is NCc1ccccc1F.O=C1CCC(N2Cc3cc(OC4CCCN(Cc5ccccc5)C4)ccc3C2=O)C(=O)N1. The number of carbonyl (C=O) groups is 3. The average Bonchev–Trinajstić information content (AvgIpc) is 3.29. The monoisotopic (exact) mass is 558 g/mol. The number of nitrogens with two attached hydrogens (primary N) is 1. The van der Waals surface area contributed by atoms with Crippen LogP contribution in [-0.4, -0.2) is 52.8 Å². The Morgan fingerprint density at radius 1 is 0.976 bits per heavy atom. The molecular formula is C32H35FN4O4. The van der Waals surface area contributed by atoms with Crippen molar-refractivity contribution < 1.29 is 23.5 Å². The predicted molar refractivity (Wildman–Crippen MR) is 152 cm³/mol. The van der Waals surface area contributed by atoms with Gasteiger partial charge in [0.15, 0.2) is 0 Å². The zero-order chi connectivity index (χ0) is 28.8. The quantitative estimate of drug-likeness (QED) is 0.447. The first-order valence-corrected chi connectivity index (χ1v) is 14.0. The number of nitrogens with one attached hydrogen (secondary N) is 1. The van der Waals surface area contributed by atoms with Crippen LogP contribution in [0.5, 0.6) is 5.75 Å². The lowest BCUT2D eigenvalue weighted by Gasteiger charge is -2.33. The van der Waals surface area contributed by atoms with Gasteiger partial charge in [-0.15, -0.1) is 0 Å². The summed E-state index contributed by atoms with van der Waals surface area (Å²) in [6.45, 7) is 3.48. The van der Waals surface area contributed by atoms with Crippen LogP contribution in [0.3, 0.4) is 0 Å². The topological polar surface area (TPSA) is 105 Å². The third-order valence-electron chi connectivity index (χ3n) is 7.69. The van der Waals surface area contributed by atoms with Crippen molar-refractivity contribution in [2.24, 2.45) is 5.73 Å². The summed E-state index contributed by atoms with van der Waals surface area (Å²) >= 11 is 0. The maximum Gasteiger partial charge on any atom is 0.255 e. The van der Waals surface area contributed by atoms with Gasteiger partial charge in [-0.05, 0) is 61.2 Å². The van der Waals surface area contributed by atoms with Gasteiger partial charge in [0.25, 0.3) is 5.91 Å². The Kier molecular flexibility index (Phi) is 9.06. The molecule has 0 spiro atoms. The largest absolute Gasteiger partial charge is 0.489 e. The van der Waals surface area contributed by atoms with E-state index in [4.69, 9.17) is 10.5 Å². The number of hydrogen-bond acceptors (Lipinski definition) is 6. The van der Waals surface area contributed by atoms with Crippen LogP contribution in [0.4, 0.5) is 4.39 Å². The van der Waals surface area contributed by atoms with Crippen molar-refractivity contribution in [3.63, 3.8) is 0 Å². The van der Waals surface area contributed by atoms with Crippen molar-refractivity contribution in [1.82, 2.24) is 15.1 Å². The zero-order valence-electron chi connectivity index (χ0n) is 22.9. The minimum absolute atomic E-state index is 0.105. The second kappa shape index (κ2) is 13.1. The molecule has 2 fully saturated rings. The van der Waals surface area contributed by atoms with E-state index in [2.05, 4.69) is 34.5 Å². The first kappa shape index (κ1) is 28.4. The van der Waals surface area contributed by atoms with Gasteiger partial charge >= 0.3 is 0 Å². The fourth-order valence-electron chi connectivity index (χ4n) is 5.58. The molecule has 6 rings (SSSR count). The molecule has 3 aromatic rings. The van der Waals surface area contributed by atoms with E-state index in [9.17, 15) is 18.8 Å². The van der Waals surface area contributed by atoms with E-state index in [-0.39, 0.29) is 42.6 Å². The summed E-state index contributed by atoms with van der Waals surface area (Å²) in [5, 5.41) is 2.34. The van der Waals surface area contributed by atoms with Crippen LogP contribution < -0.4 is 15.8 Å². The number of nitrogens with zero attached hydrogens (tertiary/aromatic N) is 2. The summed E-state index contributed by atoms with van der Waals surface area (Å²) in [5.41, 5.74) is 8.56. The van der Waals surface area contributed by atoms with Crippen molar-refractivity contribution >= 4 is 17.7 Å². The number of imide groups is 1. The minimum atomic E-state index is -0.596. The zero-order valence-corrected chi connectivity index (χ0v) is 22.9. The van der Waals surface area contributed by atoms with E-state index in [0.29, 0.717) is 24.1 Å². The van der Waals surface area contributed by atoms with E-state index < -0.39 is 6.04 Å². The van der Waals surface area contributed by atoms with Crippen molar-refractivity contribution in [2.45, 2.75) is 57.5 Å². The second-order valence-corrected chi connectivity index (χ2v) is 10.6. The van der Waals surface area contributed by atoms with E-state index >= 15 is 0 Å². The van der Waals surface area contributed by atoms with Gasteiger partial charge in [0.2, 0.25) is 11.8 Å². The van der Waals surface area contributed by atoms with Gasteiger partial charge < -0.3 is 15.4 Å². The molecule has 0 radical (unpaired) electrons. The number of fused-ring (bicyclic) bond motifs is 1. The molecule has 3 aliphatic rings. The molecule has 3 amide bonds. The second-order valence-electron chi connectivity index (χ2n) is 10.6. The molecule has 2 atom stereocenters. The molecule has 3 heterocycles. The molecule has 41 heavy (non-hydrogen) atoms. The molecule has 3 aromatic carbocycles. The number of ether oxygens (including phenoxy) is 1.